The van der Waals surface area contributed by atoms with E-state index in [-0.39, 0.29) is 11.8 Å². The number of fused-ring (bicyclic) bond motifs is 4. The number of pyridine rings is 1. The summed E-state index contributed by atoms with van der Waals surface area (Å²) in [7, 11) is 1.64. The molecule has 0 saturated carbocycles. The van der Waals surface area contributed by atoms with Crippen LogP contribution in [0.1, 0.15) is 34.9 Å². The number of hydrogen-bond donors (Lipinski definition) is 1. The molecule has 0 amide bonds. The molecular formula is C28H30BrN2O3+. The smallest absolute Gasteiger partial charge is 0.216 e. The maximum Gasteiger partial charge on any atom is 0.216 e. The van der Waals surface area contributed by atoms with Crippen molar-refractivity contribution in [1.82, 2.24) is 4.98 Å². The summed E-state index contributed by atoms with van der Waals surface area (Å²) in [6.45, 7) is 6.20. The van der Waals surface area contributed by atoms with Gasteiger partial charge in [0.05, 0.1) is 25.7 Å². The minimum atomic E-state index is -0.705. The number of carbonyl (C=O) groups is 1. The number of ether oxygens (including phenoxy) is 1. The number of Topliss-reactive ketones (excluding diaryl/α,β-unsaturated/α-hetero) is 1. The van der Waals surface area contributed by atoms with Crippen molar-refractivity contribution in [2.75, 3.05) is 26.7 Å². The number of piperidine rings is 3. The number of ketones is 1. The minimum Gasteiger partial charge on any atom is -0.497 e. The van der Waals surface area contributed by atoms with Gasteiger partial charge in [-0.15, -0.1) is 6.58 Å². The van der Waals surface area contributed by atoms with Gasteiger partial charge in [0.1, 0.15) is 24.4 Å². The molecule has 1 unspecified atom stereocenters. The third-order valence-electron chi connectivity index (χ3n) is 7.97. The van der Waals surface area contributed by atoms with Gasteiger partial charge < -0.3 is 14.3 Å². The molecule has 1 N–H and O–H groups in total. The van der Waals surface area contributed by atoms with Crippen molar-refractivity contribution in [2.24, 2.45) is 11.8 Å². The Balaban J connectivity index is 1.53. The molecule has 0 spiro atoms. The molecule has 0 radical (unpaired) electrons. The highest BCUT2D eigenvalue weighted by Gasteiger charge is 2.54. The van der Waals surface area contributed by atoms with Crippen molar-refractivity contribution in [3.8, 4) is 5.75 Å². The molecule has 6 heteroatoms. The molecule has 3 aliphatic heterocycles. The van der Waals surface area contributed by atoms with Crippen LogP contribution in [0, 0.1) is 11.8 Å². The van der Waals surface area contributed by atoms with Crippen LogP contribution in [0.5, 0.6) is 5.75 Å². The number of aromatic nitrogens is 1. The van der Waals surface area contributed by atoms with E-state index in [1.807, 2.05) is 48.5 Å². The van der Waals surface area contributed by atoms with Crippen molar-refractivity contribution in [1.29, 1.82) is 0 Å². The van der Waals surface area contributed by atoms with Crippen molar-refractivity contribution >= 4 is 32.6 Å². The molecule has 5 nitrogen and oxygen atoms in total. The van der Waals surface area contributed by atoms with E-state index in [4.69, 9.17) is 4.74 Å². The number of aliphatic hydroxyl groups is 1. The highest BCUT2D eigenvalue weighted by atomic mass is 79.9. The quantitative estimate of drug-likeness (QED) is 0.259. The summed E-state index contributed by atoms with van der Waals surface area (Å²) in [5, 5.41) is 12.7. The van der Waals surface area contributed by atoms with Crippen LogP contribution >= 0.6 is 15.9 Å². The Hall–Kier alpha value is -2.54. The standard InChI is InChI=1S/C28H30BrN2O3/c1-3-18-16-31(17-27(32)19-4-6-21(29)7-5-19)13-11-20(18)14-26(31)28(33)23-10-12-30-25-9-8-22(34-2)15-24(23)25/h3-10,12,15,18,20,26,28,33H,1,11,13-14,16-17H2,2H3/q+1/t18-,20-,26+,28-,31?/m0/s1. The summed E-state index contributed by atoms with van der Waals surface area (Å²) in [6.07, 6.45) is 5.03. The number of halogens is 1. The van der Waals surface area contributed by atoms with E-state index >= 15 is 0 Å². The topological polar surface area (TPSA) is 59.4 Å². The number of hydrogen-bond acceptors (Lipinski definition) is 4. The molecular weight excluding hydrogens is 492 g/mol. The van der Waals surface area contributed by atoms with Gasteiger partial charge in [-0.25, -0.2) is 0 Å². The molecule has 2 bridgehead atoms. The average Bonchev–Trinajstić information content (AvgIpc) is 2.87. The highest BCUT2D eigenvalue weighted by Crippen LogP contribution is 2.47. The predicted octanol–water partition coefficient (Wildman–Crippen LogP) is 5.33. The van der Waals surface area contributed by atoms with Gasteiger partial charge in [-0.1, -0.05) is 34.1 Å². The van der Waals surface area contributed by atoms with Gasteiger partial charge in [-0.3, -0.25) is 9.78 Å². The Morgan fingerprint density at radius 2 is 2.09 bits per heavy atom. The van der Waals surface area contributed by atoms with Crippen LogP contribution in [-0.2, 0) is 0 Å². The fourth-order valence-corrected chi connectivity index (χ4v) is 6.40. The van der Waals surface area contributed by atoms with Gasteiger partial charge >= 0.3 is 0 Å². The second-order valence-corrected chi connectivity index (χ2v) is 10.6. The molecule has 34 heavy (non-hydrogen) atoms. The number of nitrogens with zero attached hydrogens (tertiary/aromatic N) is 2. The second kappa shape index (κ2) is 9.25. The summed E-state index contributed by atoms with van der Waals surface area (Å²) >= 11 is 3.45. The zero-order valence-corrected chi connectivity index (χ0v) is 20.9. The summed E-state index contributed by atoms with van der Waals surface area (Å²) < 4.78 is 6.99. The Kier molecular flexibility index (Phi) is 6.32. The molecule has 3 fully saturated rings. The Morgan fingerprint density at radius 1 is 1.29 bits per heavy atom. The zero-order chi connectivity index (χ0) is 23.9. The Labute approximate surface area is 208 Å². The third-order valence-corrected chi connectivity index (χ3v) is 8.49. The van der Waals surface area contributed by atoms with E-state index in [0.29, 0.717) is 28.4 Å². The van der Waals surface area contributed by atoms with Crippen LogP contribution in [0.4, 0.5) is 0 Å². The number of rotatable bonds is 7. The molecule has 176 valence electrons. The van der Waals surface area contributed by atoms with Crippen LogP contribution in [-0.4, -0.2) is 53.1 Å². The van der Waals surface area contributed by atoms with E-state index in [1.54, 1.807) is 13.3 Å². The van der Waals surface area contributed by atoms with Crippen LogP contribution in [0.2, 0.25) is 0 Å². The number of methoxy groups -OCH3 is 1. The molecule has 6 rings (SSSR count). The van der Waals surface area contributed by atoms with Gasteiger partial charge in [-0.05, 0) is 47.9 Å². The van der Waals surface area contributed by atoms with E-state index in [0.717, 1.165) is 52.6 Å². The van der Waals surface area contributed by atoms with Crippen LogP contribution in [0.15, 0.2) is 71.9 Å². The van der Waals surface area contributed by atoms with Crippen LogP contribution in [0.25, 0.3) is 10.9 Å². The first kappa shape index (κ1) is 23.2. The number of quaternary nitrogens is 1. The maximum absolute atomic E-state index is 13.4. The fraction of sp³-hybridized carbons (Fsp3) is 0.357. The Bertz CT molecular complexity index is 1230. The SMILES string of the molecule is C=C[C@H]1C[N+]2(CC(=O)c3ccc(Br)cc3)CC[C@H]1C[C@@H]2[C@@H](O)c1ccnc2ccc(OC)cc12. The predicted molar refractivity (Wildman–Crippen MR) is 137 cm³/mol. The molecule has 1 aromatic heterocycles. The number of carbonyl (C=O) groups excluding carboxylic acids is 1. The first-order valence-corrected chi connectivity index (χ1v) is 12.6. The van der Waals surface area contributed by atoms with E-state index in [1.165, 1.54) is 0 Å². The molecule has 0 aliphatic carbocycles. The third kappa shape index (κ3) is 4.08. The number of benzene rings is 2. The normalized spacial score (nSPS) is 26.9. The highest BCUT2D eigenvalue weighted by molar-refractivity contribution is 9.10. The fourth-order valence-electron chi connectivity index (χ4n) is 6.13. The summed E-state index contributed by atoms with van der Waals surface area (Å²) in [5.41, 5.74) is 2.39. The van der Waals surface area contributed by atoms with Crippen molar-refractivity contribution in [3.63, 3.8) is 0 Å². The van der Waals surface area contributed by atoms with Gasteiger partial charge in [0.25, 0.3) is 0 Å². The zero-order valence-electron chi connectivity index (χ0n) is 19.4. The molecule has 3 saturated heterocycles. The van der Waals surface area contributed by atoms with Crippen LogP contribution < -0.4 is 4.74 Å². The Morgan fingerprint density at radius 3 is 2.82 bits per heavy atom. The minimum absolute atomic E-state index is 0.0638. The van der Waals surface area contributed by atoms with E-state index in [2.05, 4.69) is 33.6 Å². The lowest BCUT2D eigenvalue weighted by Gasteiger charge is -2.57. The first-order valence-electron chi connectivity index (χ1n) is 11.8. The van der Waals surface area contributed by atoms with Crippen molar-refractivity contribution in [3.05, 3.63) is 83.0 Å². The van der Waals surface area contributed by atoms with Gasteiger partial charge in [0, 0.05) is 40.4 Å². The molecule has 3 aromatic rings. The largest absolute Gasteiger partial charge is 0.497 e. The van der Waals surface area contributed by atoms with Crippen molar-refractivity contribution in [2.45, 2.75) is 25.0 Å². The summed E-state index contributed by atoms with van der Waals surface area (Å²) in [6, 6.07) is 15.2. The molecule has 3 aliphatic rings. The van der Waals surface area contributed by atoms with Gasteiger partial charge in [0.2, 0.25) is 5.78 Å². The van der Waals surface area contributed by atoms with Crippen LogP contribution in [0.3, 0.4) is 0 Å². The first-order chi connectivity index (χ1) is 16.4. The lowest BCUT2D eigenvalue weighted by Crippen LogP contribution is -2.69. The van der Waals surface area contributed by atoms with Crippen molar-refractivity contribution < 1.29 is 19.1 Å². The molecule has 4 heterocycles. The lowest BCUT2D eigenvalue weighted by atomic mass is 9.71. The number of aliphatic hydroxyl groups excluding tert-OH is 1. The van der Waals surface area contributed by atoms with E-state index < -0.39 is 6.10 Å². The van der Waals surface area contributed by atoms with E-state index in [9.17, 15) is 9.90 Å². The summed E-state index contributed by atoms with van der Waals surface area (Å²) in [4.78, 5) is 17.9. The molecule has 5 atom stereocenters. The molecule has 2 aromatic carbocycles. The van der Waals surface area contributed by atoms with Gasteiger partial charge in [0.15, 0.2) is 0 Å². The average molecular weight is 522 g/mol. The maximum atomic E-state index is 13.4. The monoisotopic (exact) mass is 521 g/mol. The van der Waals surface area contributed by atoms with Gasteiger partial charge in [-0.2, -0.15) is 0 Å². The lowest BCUT2D eigenvalue weighted by molar-refractivity contribution is -0.966. The summed E-state index contributed by atoms with van der Waals surface area (Å²) in [5.74, 6) is 1.71. The second-order valence-electron chi connectivity index (χ2n) is 9.69.